The number of carbonyl (C=O) groups excluding carboxylic acids is 3. The summed E-state index contributed by atoms with van der Waals surface area (Å²) < 4.78 is 0. The number of aliphatic hydroxyl groups excluding tert-OH is 2. The molecule has 1 spiro atoms. The summed E-state index contributed by atoms with van der Waals surface area (Å²) in [5.74, 6) is -2.34. The Hall–Kier alpha value is -3.29. The van der Waals surface area contributed by atoms with Gasteiger partial charge >= 0.3 is 0 Å². The van der Waals surface area contributed by atoms with E-state index in [0.29, 0.717) is 18.4 Å². The van der Waals surface area contributed by atoms with Crippen LogP contribution in [0.1, 0.15) is 52.5 Å². The number of Topliss-reactive ketones (excluding diaryl/α,β-unsaturated/α-hetero) is 2. The average molecular weight is 531 g/mol. The van der Waals surface area contributed by atoms with Crippen LogP contribution in [0, 0.1) is 23.2 Å². The maximum atomic E-state index is 14.2. The highest BCUT2D eigenvalue weighted by molar-refractivity contribution is 6.10. The fourth-order valence-electron chi connectivity index (χ4n) is 7.16. The van der Waals surface area contributed by atoms with E-state index in [9.17, 15) is 24.6 Å². The first-order valence-corrected chi connectivity index (χ1v) is 13.9. The van der Waals surface area contributed by atoms with E-state index in [1.807, 2.05) is 69.5 Å². The van der Waals surface area contributed by atoms with Gasteiger partial charge in [-0.1, -0.05) is 48.9 Å². The molecule has 39 heavy (non-hydrogen) atoms. The van der Waals surface area contributed by atoms with Gasteiger partial charge in [0.05, 0.1) is 6.10 Å². The molecule has 1 saturated heterocycles. The molecule has 0 bridgehead atoms. The Morgan fingerprint density at radius 1 is 1.05 bits per heavy atom. The third-order valence-corrected chi connectivity index (χ3v) is 9.28. The van der Waals surface area contributed by atoms with Crippen molar-refractivity contribution in [2.45, 2.75) is 71.6 Å². The number of amides is 1. The van der Waals surface area contributed by atoms with E-state index in [0.717, 1.165) is 27.6 Å². The summed E-state index contributed by atoms with van der Waals surface area (Å²) in [6.07, 6.45) is 6.11. The summed E-state index contributed by atoms with van der Waals surface area (Å²) in [4.78, 5) is 44.4. The van der Waals surface area contributed by atoms with Crippen LogP contribution < -0.4 is 5.32 Å². The van der Waals surface area contributed by atoms with Crippen LogP contribution in [-0.4, -0.2) is 50.9 Å². The average Bonchev–Trinajstić information content (AvgIpc) is 3.45. The van der Waals surface area contributed by atoms with Gasteiger partial charge in [0.25, 0.3) is 0 Å². The van der Waals surface area contributed by atoms with Gasteiger partial charge in [-0.3, -0.25) is 14.4 Å². The molecule has 7 atom stereocenters. The van der Waals surface area contributed by atoms with E-state index < -0.39 is 35.2 Å². The van der Waals surface area contributed by atoms with Crippen LogP contribution in [0.2, 0.25) is 0 Å². The van der Waals surface area contributed by atoms with Crippen molar-refractivity contribution in [3.05, 3.63) is 71.0 Å². The standard InChI is InChI=1S/C32H38N2O5/c1-17-8-7-10-23-30(38)20(4)19(3)28-25(15-21-16-33-24-11-6-5-9-22(21)24)34-31(39)32(23,28)27(36)13-12-26(35)29(37)18(2)14-17/h5-7,9-11,14,16-17,23,25-26,28,30,33,35,38H,8,12-13,15H2,1-4H3,(H,34,39)/b10-7-,18-14-/t17-,23-,25-,26-,28-,30+,32+/m0/s1. The number of nitrogens with one attached hydrogen (secondary N) is 2. The zero-order valence-electron chi connectivity index (χ0n) is 23.0. The molecule has 2 aromatic rings. The second kappa shape index (κ2) is 10.4. The van der Waals surface area contributed by atoms with Crippen molar-refractivity contribution in [1.82, 2.24) is 10.3 Å². The first-order valence-electron chi connectivity index (χ1n) is 13.9. The Kier molecular flexibility index (Phi) is 7.25. The molecule has 1 fully saturated rings. The van der Waals surface area contributed by atoms with Gasteiger partial charge in [0, 0.05) is 41.4 Å². The van der Waals surface area contributed by atoms with Crippen LogP contribution in [0.5, 0.6) is 0 Å². The van der Waals surface area contributed by atoms with E-state index in [-0.39, 0.29) is 36.5 Å². The smallest absolute Gasteiger partial charge is 0.235 e. The van der Waals surface area contributed by atoms with Crippen LogP contribution in [0.15, 0.2) is 65.4 Å². The van der Waals surface area contributed by atoms with E-state index in [4.69, 9.17) is 0 Å². The maximum absolute atomic E-state index is 14.2. The van der Waals surface area contributed by atoms with Gasteiger partial charge in [-0.05, 0) is 68.7 Å². The largest absolute Gasteiger partial charge is 0.388 e. The van der Waals surface area contributed by atoms with Gasteiger partial charge in [0.1, 0.15) is 17.3 Å². The summed E-state index contributed by atoms with van der Waals surface area (Å²) >= 11 is 0. The Morgan fingerprint density at radius 2 is 1.79 bits per heavy atom. The van der Waals surface area contributed by atoms with Crippen molar-refractivity contribution in [3.8, 4) is 0 Å². The zero-order chi connectivity index (χ0) is 28.1. The number of hydrogen-bond donors (Lipinski definition) is 4. The highest BCUT2D eigenvalue weighted by Gasteiger charge is 2.66. The Balaban J connectivity index is 1.61. The quantitative estimate of drug-likeness (QED) is 0.346. The summed E-state index contributed by atoms with van der Waals surface area (Å²) in [5.41, 5.74) is 2.61. The van der Waals surface area contributed by atoms with Crippen molar-refractivity contribution in [1.29, 1.82) is 0 Å². The summed E-state index contributed by atoms with van der Waals surface area (Å²) in [5, 5.41) is 26.4. The molecule has 2 heterocycles. The number of para-hydroxylation sites is 1. The van der Waals surface area contributed by atoms with Gasteiger partial charge in [0.15, 0.2) is 5.78 Å². The number of rotatable bonds is 2. The van der Waals surface area contributed by atoms with Gasteiger partial charge in [-0.25, -0.2) is 0 Å². The van der Waals surface area contributed by atoms with Crippen molar-refractivity contribution in [2.24, 2.45) is 23.2 Å². The van der Waals surface area contributed by atoms with E-state index in [2.05, 4.69) is 10.3 Å². The number of aromatic nitrogens is 1. The van der Waals surface area contributed by atoms with Crippen LogP contribution >= 0.6 is 0 Å². The molecular weight excluding hydrogens is 492 g/mol. The highest BCUT2D eigenvalue weighted by Crippen LogP contribution is 2.55. The predicted octanol–water partition coefficient (Wildman–Crippen LogP) is 3.96. The topological polar surface area (TPSA) is 119 Å². The summed E-state index contributed by atoms with van der Waals surface area (Å²) in [6, 6.07) is 7.63. The number of hydrogen-bond acceptors (Lipinski definition) is 5. The maximum Gasteiger partial charge on any atom is 0.235 e. The number of ketones is 2. The number of benzene rings is 1. The fourth-order valence-corrected chi connectivity index (χ4v) is 7.16. The lowest BCUT2D eigenvalue weighted by Crippen LogP contribution is -2.55. The van der Waals surface area contributed by atoms with Gasteiger partial charge in [-0.15, -0.1) is 0 Å². The van der Waals surface area contributed by atoms with E-state index in [1.165, 1.54) is 0 Å². The van der Waals surface area contributed by atoms with Crippen LogP contribution in [0.3, 0.4) is 0 Å². The fraction of sp³-hybridized carbons (Fsp3) is 0.469. The molecule has 0 unspecified atom stereocenters. The van der Waals surface area contributed by atoms with Crippen molar-refractivity contribution in [3.63, 3.8) is 0 Å². The zero-order valence-corrected chi connectivity index (χ0v) is 23.0. The highest BCUT2D eigenvalue weighted by atomic mass is 16.3. The molecular formula is C32H38N2O5. The molecule has 0 radical (unpaired) electrons. The minimum absolute atomic E-state index is 0.00624. The third kappa shape index (κ3) is 4.42. The van der Waals surface area contributed by atoms with Crippen molar-refractivity contribution < 1.29 is 24.6 Å². The lowest BCUT2D eigenvalue weighted by atomic mass is 9.54. The number of H-pyrrole nitrogens is 1. The Labute approximate surface area is 229 Å². The molecule has 1 amide bonds. The Morgan fingerprint density at radius 3 is 2.56 bits per heavy atom. The minimum atomic E-state index is -1.53. The van der Waals surface area contributed by atoms with E-state index >= 15 is 0 Å². The van der Waals surface area contributed by atoms with Gasteiger partial charge < -0.3 is 20.5 Å². The molecule has 1 aliphatic heterocycles. The number of carbonyl (C=O) groups is 3. The van der Waals surface area contributed by atoms with Crippen molar-refractivity contribution in [2.75, 3.05) is 0 Å². The molecule has 2 aliphatic carbocycles. The lowest BCUT2D eigenvalue weighted by molar-refractivity contribution is -0.148. The summed E-state index contributed by atoms with van der Waals surface area (Å²) in [7, 11) is 0. The third-order valence-electron chi connectivity index (χ3n) is 9.28. The SMILES string of the molecule is CC1=C(C)[C@H]2[C@H](Cc3c[nH]c4ccccc34)NC(=O)[C@]23C(=O)CC[C@H](O)C(=O)/C(C)=C\[C@@H](C)C/C=C\[C@H]3[C@@H]1O. The first kappa shape index (κ1) is 27.3. The van der Waals surface area contributed by atoms with Gasteiger partial charge in [0.2, 0.25) is 5.91 Å². The van der Waals surface area contributed by atoms with Gasteiger partial charge in [-0.2, -0.15) is 0 Å². The minimum Gasteiger partial charge on any atom is -0.388 e. The van der Waals surface area contributed by atoms with Crippen LogP contribution in [-0.2, 0) is 20.8 Å². The first-order chi connectivity index (χ1) is 18.6. The molecule has 1 aromatic carbocycles. The number of aromatic amines is 1. The molecule has 5 rings (SSSR count). The summed E-state index contributed by atoms with van der Waals surface area (Å²) in [6.45, 7) is 7.45. The lowest BCUT2D eigenvalue weighted by Gasteiger charge is -2.46. The van der Waals surface area contributed by atoms with Crippen molar-refractivity contribution >= 4 is 28.4 Å². The number of allylic oxidation sites excluding steroid dienone is 2. The molecule has 1 aromatic heterocycles. The molecule has 3 aliphatic rings. The molecule has 7 nitrogen and oxygen atoms in total. The normalized spacial score (nSPS) is 36.3. The second-order valence-corrected chi connectivity index (χ2v) is 11.7. The molecule has 206 valence electrons. The molecule has 0 saturated carbocycles. The molecule has 4 N–H and O–H groups in total. The number of fused-ring (bicyclic) bond motifs is 1. The van der Waals surface area contributed by atoms with E-state index in [1.54, 1.807) is 6.92 Å². The number of aliphatic hydroxyl groups is 2. The van der Waals surface area contributed by atoms with Crippen LogP contribution in [0.25, 0.3) is 10.9 Å². The van der Waals surface area contributed by atoms with Crippen LogP contribution in [0.4, 0.5) is 0 Å². The Bertz CT molecular complexity index is 1410. The molecule has 7 heteroatoms. The predicted molar refractivity (Wildman–Crippen MR) is 150 cm³/mol. The monoisotopic (exact) mass is 530 g/mol. The second-order valence-electron chi connectivity index (χ2n) is 11.7.